The van der Waals surface area contributed by atoms with Crippen molar-refractivity contribution in [3.8, 4) is 11.5 Å². The largest absolute Gasteiger partial charge is 0.504 e. The average Bonchev–Trinajstić information content (AvgIpc) is 2.08. The molecule has 0 saturated heterocycles. The molecule has 1 atom stereocenters. The van der Waals surface area contributed by atoms with Crippen LogP contribution in [0.4, 0.5) is 0 Å². The summed E-state index contributed by atoms with van der Waals surface area (Å²) in [6.07, 6.45) is 0. The SMILES string of the molecule is CC(CN)c1cccc(O)c1O. The first-order valence-corrected chi connectivity index (χ1v) is 3.87. The van der Waals surface area contributed by atoms with E-state index in [1.54, 1.807) is 12.1 Å². The summed E-state index contributed by atoms with van der Waals surface area (Å²) < 4.78 is 0. The van der Waals surface area contributed by atoms with Gasteiger partial charge in [0.2, 0.25) is 0 Å². The molecule has 0 aliphatic rings. The maximum absolute atomic E-state index is 9.39. The Morgan fingerprint density at radius 3 is 2.67 bits per heavy atom. The second-order valence-electron chi connectivity index (χ2n) is 2.85. The molecule has 0 radical (unpaired) electrons. The fourth-order valence-electron chi connectivity index (χ4n) is 1.07. The van der Waals surface area contributed by atoms with E-state index in [9.17, 15) is 5.11 Å². The van der Waals surface area contributed by atoms with Crippen LogP contribution < -0.4 is 5.73 Å². The standard InChI is InChI=1S/C9H13NO2/c1-6(5-10)7-3-2-4-8(11)9(7)12/h2-4,6,11-12H,5,10H2,1H3. The third kappa shape index (κ3) is 1.51. The van der Waals surface area contributed by atoms with Crippen LogP contribution in [0, 0.1) is 0 Å². The van der Waals surface area contributed by atoms with Crippen LogP contribution in [0.1, 0.15) is 18.4 Å². The summed E-state index contributed by atoms with van der Waals surface area (Å²) in [6, 6.07) is 4.89. The first kappa shape index (κ1) is 8.87. The van der Waals surface area contributed by atoms with E-state index in [0.717, 1.165) is 0 Å². The second-order valence-corrected chi connectivity index (χ2v) is 2.85. The van der Waals surface area contributed by atoms with Crippen molar-refractivity contribution >= 4 is 0 Å². The topological polar surface area (TPSA) is 66.5 Å². The van der Waals surface area contributed by atoms with E-state index >= 15 is 0 Å². The molecule has 0 aliphatic carbocycles. The van der Waals surface area contributed by atoms with Crippen LogP contribution >= 0.6 is 0 Å². The van der Waals surface area contributed by atoms with E-state index in [-0.39, 0.29) is 17.4 Å². The molecule has 12 heavy (non-hydrogen) atoms. The minimum atomic E-state index is -0.0900. The van der Waals surface area contributed by atoms with Crippen molar-refractivity contribution in [3.63, 3.8) is 0 Å². The van der Waals surface area contributed by atoms with Crippen molar-refractivity contribution in [1.82, 2.24) is 0 Å². The minimum absolute atomic E-state index is 0.0598. The lowest BCUT2D eigenvalue weighted by Gasteiger charge is -2.11. The Morgan fingerprint density at radius 2 is 2.08 bits per heavy atom. The maximum atomic E-state index is 9.39. The summed E-state index contributed by atoms with van der Waals surface area (Å²) in [7, 11) is 0. The number of nitrogens with two attached hydrogens (primary N) is 1. The Balaban J connectivity index is 3.07. The number of phenols is 2. The molecule has 4 N–H and O–H groups in total. The maximum Gasteiger partial charge on any atom is 0.160 e. The molecular formula is C9H13NO2. The molecule has 1 aromatic carbocycles. The van der Waals surface area contributed by atoms with Crippen molar-refractivity contribution in [2.24, 2.45) is 5.73 Å². The van der Waals surface area contributed by atoms with Gasteiger partial charge < -0.3 is 15.9 Å². The smallest absolute Gasteiger partial charge is 0.160 e. The zero-order valence-electron chi connectivity index (χ0n) is 6.99. The molecule has 0 bridgehead atoms. The molecular weight excluding hydrogens is 154 g/mol. The highest BCUT2D eigenvalue weighted by atomic mass is 16.3. The van der Waals surface area contributed by atoms with E-state index in [0.29, 0.717) is 12.1 Å². The lowest BCUT2D eigenvalue weighted by Crippen LogP contribution is -2.08. The predicted molar refractivity (Wildman–Crippen MR) is 47.2 cm³/mol. The third-order valence-corrected chi connectivity index (χ3v) is 1.93. The lowest BCUT2D eigenvalue weighted by atomic mass is 10.0. The Hall–Kier alpha value is -1.22. The Kier molecular flexibility index (Phi) is 2.55. The fourth-order valence-corrected chi connectivity index (χ4v) is 1.07. The molecule has 1 aromatic rings. The summed E-state index contributed by atoms with van der Waals surface area (Å²) in [5.74, 6) is -0.0830. The van der Waals surface area contributed by atoms with E-state index in [2.05, 4.69) is 0 Å². The quantitative estimate of drug-likeness (QED) is 0.579. The Labute approximate surface area is 71.5 Å². The highest BCUT2D eigenvalue weighted by molar-refractivity contribution is 5.45. The Morgan fingerprint density at radius 1 is 1.42 bits per heavy atom. The molecule has 0 heterocycles. The van der Waals surface area contributed by atoms with E-state index in [1.807, 2.05) is 6.92 Å². The first-order valence-electron chi connectivity index (χ1n) is 3.87. The van der Waals surface area contributed by atoms with Crippen molar-refractivity contribution < 1.29 is 10.2 Å². The number of para-hydroxylation sites is 1. The van der Waals surface area contributed by atoms with Crippen LogP contribution in [0.2, 0.25) is 0 Å². The van der Waals surface area contributed by atoms with Crippen molar-refractivity contribution in [2.45, 2.75) is 12.8 Å². The fraction of sp³-hybridized carbons (Fsp3) is 0.333. The van der Waals surface area contributed by atoms with Crippen LogP contribution in [0.3, 0.4) is 0 Å². The van der Waals surface area contributed by atoms with Gasteiger partial charge in [0.15, 0.2) is 11.5 Å². The molecule has 3 nitrogen and oxygen atoms in total. The number of hydrogen-bond acceptors (Lipinski definition) is 3. The number of phenolic OH excluding ortho intramolecular Hbond substituents is 2. The van der Waals surface area contributed by atoms with Gasteiger partial charge in [0, 0.05) is 5.56 Å². The van der Waals surface area contributed by atoms with Gasteiger partial charge in [0.05, 0.1) is 0 Å². The normalized spacial score (nSPS) is 12.8. The average molecular weight is 167 g/mol. The van der Waals surface area contributed by atoms with Gasteiger partial charge in [-0.15, -0.1) is 0 Å². The van der Waals surface area contributed by atoms with Gasteiger partial charge in [-0.2, -0.15) is 0 Å². The summed E-state index contributed by atoms with van der Waals surface area (Å²) in [4.78, 5) is 0. The van der Waals surface area contributed by atoms with Crippen LogP contribution in [-0.2, 0) is 0 Å². The predicted octanol–water partition coefficient (Wildman–Crippen LogP) is 1.16. The lowest BCUT2D eigenvalue weighted by molar-refractivity contribution is 0.397. The number of aromatic hydroxyl groups is 2. The zero-order valence-corrected chi connectivity index (χ0v) is 6.99. The molecule has 0 spiro atoms. The third-order valence-electron chi connectivity index (χ3n) is 1.93. The van der Waals surface area contributed by atoms with Gasteiger partial charge in [-0.25, -0.2) is 0 Å². The van der Waals surface area contributed by atoms with Crippen LogP contribution in [0.15, 0.2) is 18.2 Å². The molecule has 0 aromatic heterocycles. The summed E-state index contributed by atoms with van der Waals surface area (Å²) in [5.41, 5.74) is 6.12. The monoisotopic (exact) mass is 167 g/mol. The molecule has 0 amide bonds. The van der Waals surface area contributed by atoms with Gasteiger partial charge in [-0.3, -0.25) is 0 Å². The van der Waals surface area contributed by atoms with Gasteiger partial charge in [0.1, 0.15) is 0 Å². The Bertz CT molecular complexity index is 273. The highest BCUT2D eigenvalue weighted by Crippen LogP contribution is 2.32. The zero-order chi connectivity index (χ0) is 9.14. The molecule has 66 valence electrons. The number of hydrogen-bond donors (Lipinski definition) is 3. The molecule has 1 rings (SSSR count). The van der Waals surface area contributed by atoms with Gasteiger partial charge in [-0.1, -0.05) is 19.1 Å². The van der Waals surface area contributed by atoms with Crippen LogP contribution in [-0.4, -0.2) is 16.8 Å². The summed E-state index contributed by atoms with van der Waals surface area (Å²) in [5, 5.41) is 18.5. The first-order chi connectivity index (χ1) is 5.66. The molecule has 3 heteroatoms. The van der Waals surface area contributed by atoms with E-state index in [4.69, 9.17) is 10.8 Å². The van der Waals surface area contributed by atoms with Crippen molar-refractivity contribution in [3.05, 3.63) is 23.8 Å². The minimum Gasteiger partial charge on any atom is -0.504 e. The number of rotatable bonds is 2. The molecule has 0 fully saturated rings. The molecule has 1 unspecified atom stereocenters. The van der Waals surface area contributed by atoms with Crippen LogP contribution in [0.25, 0.3) is 0 Å². The summed E-state index contributed by atoms with van der Waals surface area (Å²) in [6.45, 7) is 2.35. The van der Waals surface area contributed by atoms with E-state index in [1.165, 1.54) is 6.07 Å². The van der Waals surface area contributed by atoms with Crippen molar-refractivity contribution in [2.75, 3.05) is 6.54 Å². The van der Waals surface area contributed by atoms with E-state index < -0.39 is 0 Å². The number of benzene rings is 1. The second kappa shape index (κ2) is 3.45. The molecule has 0 aliphatic heterocycles. The van der Waals surface area contributed by atoms with Gasteiger partial charge in [0.25, 0.3) is 0 Å². The highest BCUT2D eigenvalue weighted by Gasteiger charge is 2.10. The van der Waals surface area contributed by atoms with Crippen LogP contribution in [0.5, 0.6) is 11.5 Å². The summed E-state index contributed by atoms with van der Waals surface area (Å²) >= 11 is 0. The molecule has 0 saturated carbocycles. The van der Waals surface area contributed by atoms with Crippen molar-refractivity contribution in [1.29, 1.82) is 0 Å². The van der Waals surface area contributed by atoms with Gasteiger partial charge >= 0.3 is 0 Å². The van der Waals surface area contributed by atoms with Gasteiger partial charge in [-0.05, 0) is 18.5 Å².